The van der Waals surface area contributed by atoms with Gasteiger partial charge in [0, 0.05) is 13.2 Å². The fraction of sp³-hybridized carbons (Fsp3) is 0.0909. The monoisotopic (exact) mass is 217 g/mol. The van der Waals surface area contributed by atoms with E-state index in [4.69, 9.17) is 11.6 Å². The summed E-state index contributed by atoms with van der Waals surface area (Å²) < 4.78 is 1.84. The van der Waals surface area contributed by atoms with Gasteiger partial charge in [0.2, 0.25) is 0 Å². The van der Waals surface area contributed by atoms with E-state index in [9.17, 15) is 0 Å². The third-order valence-corrected chi connectivity index (χ3v) is 2.19. The van der Waals surface area contributed by atoms with Crippen LogP contribution in [0.25, 0.3) is 0 Å². The lowest BCUT2D eigenvalue weighted by atomic mass is 10.3. The topological polar surface area (TPSA) is 30.7 Å². The van der Waals surface area contributed by atoms with E-state index >= 15 is 0 Å². The van der Waals surface area contributed by atoms with Gasteiger partial charge in [-0.1, -0.05) is 11.6 Å². The summed E-state index contributed by atoms with van der Waals surface area (Å²) in [6, 6.07) is 3.54. The molecular formula is C11H8ClN3. The first kappa shape index (κ1) is 9.75. The molecule has 0 N–H and O–H groups in total. The zero-order chi connectivity index (χ0) is 10.7. The van der Waals surface area contributed by atoms with E-state index in [1.54, 1.807) is 30.9 Å². The fourth-order valence-electron chi connectivity index (χ4n) is 1.08. The van der Waals surface area contributed by atoms with Crippen molar-refractivity contribution in [1.82, 2.24) is 14.5 Å². The van der Waals surface area contributed by atoms with Crippen molar-refractivity contribution >= 4 is 11.6 Å². The van der Waals surface area contributed by atoms with Crippen molar-refractivity contribution in [3.63, 3.8) is 0 Å². The van der Waals surface area contributed by atoms with Gasteiger partial charge < -0.3 is 4.57 Å². The number of halogens is 1. The highest BCUT2D eigenvalue weighted by atomic mass is 35.5. The van der Waals surface area contributed by atoms with E-state index in [0.29, 0.717) is 10.7 Å². The molecule has 0 radical (unpaired) electrons. The maximum Gasteiger partial charge on any atom is 0.132 e. The van der Waals surface area contributed by atoms with Crippen LogP contribution in [-0.2, 0) is 7.05 Å². The van der Waals surface area contributed by atoms with Gasteiger partial charge in [-0.15, -0.1) is 0 Å². The number of hydrogen-bond donors (Lipinski definition) is 0. The molecule has 2 rings (SSSR count). The number of hydrogen-bond acceptors (Lipinski definition) is 2. The molecule has 2 aromatic rings. The third-order valence-electron chi connectivity index (χ3n) is 1.88. The lowest BCUT2D eigenvalue weighted by molar-refractivity contribution is 0.899. The van der Waals surface area contributed by atoms with Crippen LogP contribution in [0.3, 0.4) is 0 Å². The van der Waals surface area contributed by atoms with E-state index in [-0.39, 0.29) is 0 Å². The van der Waals surface area contributed by atoms with Crippen LogP contribution in [0.4, 0.5) is 0 Å². The van der Waals surface area contributed by atoms with Gasteiger partial charge >= 0.3 is 0 Å². The second kappa shape index (κ2) is 4.16. The number of aromatic nitrogens is 3. The Bertz CT molecular complexity index is 534. The molecule has 74 valence electrons. The molecule has 4 heteroatoms. The maximum atomic E-state index is 5.92. The molecule has 3 nitrogen and oxygen atoms in total. The number of aryl methyl sites for hydroxylation is 1. The summed E-state index contributed by atoms with van der Waals surface area (Å²) in [7, 11) is 1.89. The van der Waals surface area contributed by atoms with Crippen LogP contribution in [0.15, 0.2) is 30.9 Å². The van der Waals surface area contributed by atoms with Crippen molar-refractivity contribution in [3.8, 4) is 11.8 Å². The Morgan fingerprint density at radius 2 is 2.27 bits per heavy atom. The summed E-state index contributed by atoms with van der Waals surface area (Å²) in [5.41, 5.74) is 1.41. The molecule has 2 aromatic heterocycles. The Kier molecular flexibility index (Phi) is 2.70. The summed E-state index contributed by atoms with van der Waals surface area (Å²) in [6.07, 6.45) is 5.06. The maximum absolute atomic E-state index is 5.92. The molecule has 0 fully saturated rings. The van der Waals surface area contributed by atoms with E-state index in [1.807, 2.05) is 11.6 Å². The molecule has 0 saturated carbocycles. The third kappa shape index (κ3) is 2.17. The molecule has 0 aliphatic heterocycles. The summed E-state index contributed by atoms with van der Waals surface area (Å²) in [4.78, 5) is 8.04. The highest BCUT2D eigenvalue weighted by Gasteiger charge is 1.96. The first-order valence-electron chi connectivity index (χ1n) is 4.36. The Morgan fingerprint density at radius 1 is 1.40 bits per heavy atom. The zero-order valence-corrected chi connectivity index (χ0v) is 8.86. The van der Waals surface area contributed by atoms with Crippen LogP contribution in [0.2, 0.25) is 5.02 Å². The first-order chi connectivity index (χ1) is 7.27. The SMILES string of the molecule is Cn1cncc1C#Cc1ncccc1Cl. The highest BCUT2D eigenvalue weighted by Crippen LogP contribution is 2.10. The van der Waals surface area contributed by atoms with Gasteiger partial charge in [0.25, 0.3) is 0 Å². The number of imidazole rings is 1. The van der Waals surface area contributed by atoms with Crippen molar-refractivity contribution in [2.24, 2.45) is 7.05 Å². The van der Waals surface area contributed by atoms with Crippen LogP contribution in [0, 0.1) is 11.8 Å². The second-order valence-electron chi connectivity index (χ2n) is 2.97. The van der Waals surface area contributed by atoms with E-state index in [0.717, 1.165) is 5.69 Å². The molecule has 0 unspecified atom stereocenters. The van der Waals surface area contributed by atoms with Gasteiger partial charge in [0.05, 0.1) is 17.5 Å². The Hall–Kier alpha value is -1.79. The van der Waals surface area contributed by atoms with Crippen LogP contribution < -0.4 is 0 Å². The molecular weight excluding hydrogens is 210 g/mol. The van der Waals surface area contributed by atoms with Crippen molar-refractivity contribution in [2.45, 2.75) is 0 Å². The average Bonchev–Trinajstić information content (AvgIpc) is 2.63. The predicted molar refractivity (Wildman–Crippen MR) is 58.4 cm³/mol. The summed E-state index contributed by atoms with van der Waals surface area (Å²) >= 11 is 5.92. The second-order valence-corrected chi connectivity index (χ2v) is 3.38. The van der Waals surface area contributed by atoms with E-state index in [1.165, 1.54) is 0 Å². The molecule has 0 aliphatic carbocycles. The normalized spacial score (nSPS) is 9.47. The minimum atomic E-state index is 0.562. The van der Waals surface area contributed by atoms with E-state index in [2.05, 4.69) is 21.8 Å². The summed E-state index contributed by atoms with van der Waals surface area (Å²) in [6.45, 7) is 0. The van der Waals surface area contributed by atoms with Crippen LogP contribution >= 0.6 is 11.6 Å². The van der Waals surface area contributed by atoms with Crippen molar-refractivity contribution < 1.29 is 0 Å². The van der Waals surface area contributed by atoms with Gasteiger partial charge in [-0.3, -0.25) is 0 Å². The van der Waals surface area contributed by atoms with Crippen LogP contribution in [0.5, 0.6) is 0 Å². The molecule has 0 amide bonds. The standard InChI is InChI=1S/C11H8ClN3/c1-15-8-13-7-9(15)4-5-11-10(12)3-2-6-14-11/h2-3,6-8H,1H3. The largest absolute Gasteiger partial charge is 0.327 e. The zero-order valence-electron chi connectivity index (χ0n) is 8.11. The predicted octanol–water partition coefficient (Wildman–Crippen LogP) is 1.87. The molecule has 15 heavy (non-hydrogen) atoms. The van der Waals surface area contributed by atoms with Crippen LogP contribution in [0.1, 0.15) is 11.4 Å². The number of rotatable bonds is 0. The smallest absolute Gasteiger partial charge is 0.132 e. The van der Waals surface area contributed by atoms with Gasteiger partial charge in [-0.05, 0) is 24.0 Å². The molecule has 0 spiro atoms. The lowest BCUT2D eigenvalue weighted by Crippen LogP contribution is -1.89. The van der Waals surface area contributed by atoms with Crippen molar-refractivity contribution in [3.05, 3.63) is 47.3 Å². The molecule has 0 bridgehead atoms. The molecule has 2 heterocycles. The average molecular weight is 218 g/mol. The Morgan fingerprint density at radius 3 is 2.93 bits per heavy atom. The Labute approximate surface area is 92.7 Å². The fourth-order valence-corrected chi connectivity index (χ4v) is 1.25. The molecule has 0 aliphatic rings. The van der Waals surface area contributed by atoms with Crippen molar-refractivity contribution in [2.75, 3.05) is 0 Å². The minimum Gasteiger partial charge on any atom is -0.327 e. The van der Waals surface area contributed by atoms with Gasteiger partial charge in [0.15, 0.2) is 0 Å². The molecule has 0 saturated heterocycles. The van der Waals surface area contributed by atoms with Gasteiger partial charge in [-0.25, -0.2) is 9.97 Å². The summed E-state index contributed by atoms with van der Waals surface area (Å²) in [5.74, 6) is 5.86. The first-order valence-corrected chi connectivity index (χ1v) is 4.74. The number of pyridine rings is 1. The lowest BCUT2D eigenvalue weighted by Gasteiger charge is -1.92. The van der Waals surface area contributed by atoms with Crippen molar-refractivity contribution in [1.29, 1.82) is 0 Å². The quantitative estimate of drug-likeness (QED) is 0.631. The highest BCUT2D eigenvalue weighted by molar-refractivity contribution is 6.31. The van der Waals surface area contributed by atoms with Gasteiger partial charge in [-0.2, -0.15) is 0 Å². The number of nitrogens with zero attached hydrogens (tertiary/aromatic N) is 3. The van der Waals surface area contributed by atoms with Crippen LogP contribution in [-0.4, -0.2) is 14.5 Å². The van der Waals surface area contributed by atoms with Gasteiger partial charge in [0.1, 0.15) is 11.4 Å². The molecule has 0 aromatic carbocycles. The molecule has 0 atom stereocenters. The van der Waals surface area contributed by atoms with E-state index < -0.39 is 0 Å². The Balaban J connectivity index is 2.34. The minimum absolute atomic E-state index is 0.562. The summed E-state index contributed by atoms with van der Waals surface area (Å²) in [5, 5.41) is 0.562.